The van der Waals surface area contributed by atoms with E-state index in [1.54, 1.807) is 0 Å². The summed E-state index contributed by atoms with van der Waals surface area (Å²) in [6.45, 7) is 5.64. The number of rotatable bonds is 7. The molecule has 0 aromatic rings. The molecule has 1 aliphatic heterocycles. The molecule has 0 spiro atoms. The second-order valence-corrected chi connectivity index (χ2v) is 7.33. The van der Waals surface area contributed by atoms with Gasteiger partial charge < -0.3 is 15.0 Å². The summed E-state index contributed by atoms with van der Waals surface area (Å²) >= 11 is 0. The molecule has 4 atom stereocenters. The van der Waals surface area contributed by atoms with Gasteiger partial charge in [0, 0.05) is 25.7 Å². The molecule has 0 radical (unpaired) electrons. The number of hydrogen-bond acceptors (Lipinski definition) is 3. The maximum absolute atomic E-state index is 5.89. The number of hydrogen-bond donors (Lipinski definition) is 1. The maximum atomic E-state index is 5.89. The maximum Gasteiger partial charge on any atom is 0.0701 e. The van der Waals surface area contributed by atoms with Crippen LogP contribution in [0.15, 0.2) is 0 Å². The standard InChI is InChI=1S/C18H36N2O/c1-4-7-15-9-10-18(19-2)16(12-15)13-20(3)14-17-8-5-6-11-21-17/h15-19H,4-14H2,1-3H3. The summed E-state index contributed by atoms with van der Waals surface area (Å²) in [5, 5.41) is 3.57. The van der Waals surface area contributed by atoms with E-state index in [4.69, 9.17) is 4.74 Å². The molecule has 1 aliphatic carbocycles. The SMILES string of the molecule is CCCC1CCC(NC)C(CN(C)CC2CCCCO2)C1. The van der Waals surface area contributed by atoms with Crippen molar-refractivity contribution in [3.63, 3.8) is 0 Å². The number of likely N-dealkylation sites (N-methyl/N-ethyl adjacent to an activating group) is 1. The van der Waals surface area contributed by atoms with E-state index in [-0.39, 0.29) is 0 Å². The van der Waals surface area contributed by atoms with Crippen LogP contribution in [-0.4, -0.2) is 50.8 Å². The van der Waals surface area contributed by atoms with Gasteiger partial charge in [-0.3, -0.25) is 0 Å². The fraction of sp³-hybridized carbons (Fsp3) is 1.00. The first-order valence-electron chi connectivity index (χ1n) is 9.20. The van der Waals surface area contributed by atoms with E-state index in [9.17, 15) is 0 Å². The van der Waals surface area contributed by atoms with Crippen molar-refractivity contribution >= 4 is 0 Å². The Kier molecular flexibility index (Phi) is 7.48. The lowest BCUT2D eigenvalue weighted by Gasteiger charge is -2.39. The first-order valence-corrected chi connectivity index (χ1v) is 9.20. The predicted molar refractivity (Wildman–Crippen MR) is 89.7 cm³/mol. The first-order chi connectivity index (χ1) is 10.2. The Labute approximate surface area is 131 Å². The molecule has 124 valence electrons. The van der Waals surface area contributed by atoms with Gasteiger partial charge in [-0.2, -0.15) is 0 Å². The van der Waals surface area contributed by atoms with Gasteiger partial charge in [-0.05, 0) is 64.5 Å². The van der Waals surface area contributed by atoms with E-state index in [1.165, 1.54) is 57.9 Å². The van der Waals surface area contributed by atoms with Crippen molar-refractivity contribution < 1.29 is 4.74 Å². The molecule has 0 aromatic carbocycles. The van der Waals surface area contributed by atoms with Crippen LogP contribution in [0.2, 0.25) is 0 Å². The van der Waals surface area contributed by atoms with Crippen LogP contribution in [0.25, 0.3) is 0 Å². The molecule has 3 nitrogen and oxygen atoms in total. The Hall–Kier alpha value is -0.120. The van der Waals surface area contributed by atoms with Gasteiger partial charge in [0.05, 0.1) is 6.10 Å². The van der Waals surface area contributed by atoms with Gasteiger partial charge in [0.2, 0.25) is 0 Å². The molecule has 2 aliphatic rings. The molecule has 3 heteroatoms. The molecule has 1 N–H and O–H groups in total. The molecule has 1 saturated heterocycles. The molecule has 2 rings (SSSR count). The summed E-state index contributed by atoms with van der Waals surface area (Å²) in [6.07, 6.45) is 11.3. The lowest BCUT2D eigenvalue weighted by atomic mass is 9.76. The second-order valence-electron chi connectivity index (χ2n) is 7.33. The van der Waals surface area contributed by atoms with Crippen LogP contribution in [0.3, 0.4) is 0 Å². The predicted octanol–water partition coefficient (Wildman–Crippen LogP) is 3.29. The molecule has 21 heavy (non-hydrogen) atoms. The minimum absolute atomic E-state index is 0.479. The third-order valence-corrected chi connectivity index (χ3v) is 5.49. The second kappa shape index (κ2) is 9.12. The fourth-order valence-corrected chi connectivity index (χ4v) is 4.39. The number of nitrogens with zero attached hydrogens (tertiary/aromatic N) is 1. The average Bonchev–Trinajstić information content (AvgIpc) is 2.49. The topological polar surface area (TPSA) is 24.5 Å². The summed E-state index contributed by atoms with van der Waals surface area (Å²) in [7, 11) is 4.43. The number of nitrogens with one attached hydrogen (secondary N) is 1. The first kappa shape index (κ1) is 17.2. The summed E-state index contributed by atoms with van der Waals surface area (Å²) in [4.78, 5) is 2.53. The summed E-state index contributed by atoms with van der Waals surface area (Å²) in [5.41, 5.74) is 0. The van der Waals surface area contributed by atoms with Crippen molar-refractivity contribution in [2.75, 3.05) is 33.8 Å². The molecule has 0 amide bonds. The Bertz CT molecular complexity index is 278. The van der Waals surface area contributed by atoms with Crippen LogP contribution in [0, 0.1) is 11.8 Å². The van der Waals surface area contributed by atoms with Crippen molar-refractivity contribution in [1.29, 1.82) is 0 Å². The molecule has 0 aromatic heterocycles. The van der Waals surface area contributed by atoms with Gasteiger partial charge in [-0.15, -0.1) is 0 Å². The van der Waals surface area contributed by atoms with Gasteiger partial charge in [-0.1, -0.05) is 19.8 Å². The monoisotopic (exact) mass is 296 g/mol. The Morgan fingerprint density at radius 2 is 2.00 bits per heavy atom. The Morgan fingerprint density at radius 1 is 1.14 bits per heavy atom. The van der Waals surface area contributed by atoms with E-state index in [2.05, 4.69) is 31.2 Å². The zero-order chi connectivity index (χ0) is 15.1. The highest BCUT2D eigenvalue weighted by Gasteiger charge is 2.30. The van der Waals surface area contributed by atoms with Gasteiger partial charge >= 0.3 is 0 Å². The normalized spacial score (nSPS) is 34.3. The third-order valence-electron chi connectivity index (χ3n) is 5.49. The van der Waals surface area contributed by atoms with Crippen LogP contribution in [0.1, 0.15) is 58.3 Å². The highest BCUT2D eigenvalue weighted by atomic mass is 16.5. The molecule has 4 unspecified atom stereocenters. The summed E-state index contributed by atoms with van der Waals surface area (Å²) in [5.74, 6) is 1.78. The van der Waals surface area contributed by atoms with Crippen LogP contribution >= 0.6 is 0 Å². The molecular formula is C18H36N2O. The van der Waals surface area contributed by atoms with Crippen molar-refractivity contribution in [1.82, 2.24) is 10.2 Å². The zero-order valence-electron chi connectivity index (χ0n) is 14.4. The molecule has 0 bridgehead atoms. The Balaban J connectivity index is 1.79. The largest absolute Gasteiger partial charge is 0.377 e. The van der Waals surface area contributed by atoms with E-state index < -0.39 is 0 Å². The third kappa shape index (κ3) is 5.54. The van der Waals surface area contributed by atoms with Gasteiger partial charge in [-0.25, -0.2) is 0 Å². The average molecular weight is 296 g/mol. The van der Waals surface area contributed by atoms with Crippen LogP contribution < -0.4 is 5.32 Å². The van der Waals surface area contributed by atoms with E-state index in [0.29, 0.717) is 12.1 Å². The molecule has 1 saturated carbocycles. The Morgan fingerprint density at radius 3 is 2.67 bits per heavy atom. The van der Waals surface area contributed by atoms with Crippen molar-refractivity contribution in [2.45, 2.75) is 70.4 Å². The van der Waals surface area contributed by atoms with Gasteiger partial charge in [0.15, 0.2) is 0 Å². The fourth-order valence-electron chi connectivity index (χ4n) is 4.39. The molecule has 1 heterocycles. The highest BCUT2D eigenvalue weighted by molar-refractivity contribution is 4.86. The number of ether oxygens (including phenoxy) is 1. The minimum Gasteiger partial charge on any atom is -0.377 e. The van der Waals surface area contributed by atoms with E-state index in [0.717, 1.165) is 25.0 Å². The molecule has 2 fully saturated rings. The molecular weight excluding hydrogens is 260 g/mol. The minimum atomic E-state index is 0.479. The van der Waals surface area contributed by atoms with Crippen molar-refractivity contribution in [2.24, 2.45) is 11.8 Å². The van der Waals surface area contributed by atoms with Crippen LogP contribution in [0.4, 0.5) is 0 Å². The lowest BCUT2D eigenvalue weighted by Crippen LogP contribution is -2.45. The zero-order valence-corrected chi connectivity index (χ0v) is 14.4. The quantitative estimate of drug-likeness (QED) is 0.780. The lowest BCUT2D eigenvalue weighted by molar-refractivity contribution is -0.00588. The smallest absolute Gasteiger partial charge is 0.0701 e. The summed E-state index contributed by atoms with van der Waals surface area (Å²) < 4.78 is 5.89. The van der Waals surface area contributed by atoms with Crippen LogP contribution in [0.5, 0.6) is 0 Å². The van der Waals surface area contributed by atoms with Crippen LogP contribution in [-0.2, 0) is 4.74 Å². The highest BCUT2D eigenvalue weighted by Crippen LogP contribution is 2.32. The summed E-state index contributed by atoms with van der Waals surface area (Å²) in [6, 6.07) is 0.716. The van der Waals surface area contributed by atoms with Crippen molar-refractivity contribution in [3.05, 3.63) is 0 Å². The van der Waals surface area contributed by atoms with E-state index in [1.807, 2.05) is 0 Å². The van der Waals surface area contributed by atoms with Gasteiger partial charge in [0.1, 0.15) is 0 Å². The van der Waals surface area contributed by atoms with E-state index >= 15 is 0 Å². The van der Waals surface area contributed by atoms with Crippen molar-refractivity contribution in [3.8, 4) is 0 Å². The van der Waals surface area contributed by atoms with Gasteiger partial charge in [0.25, 0.3) is 0 Å².